The van der Waals surface area contributed by atoms with E-state index in [9.17, 15) is 22.4 Å². The second-order valence-corrected chi connectivity index (χ2v) is 11.9. The van der Waals surface area contributed by atoms with Crippen molar-refractivity contribution in [1.82, 2.24) is 20.1 Å². The highest BCUT2D eigenvalue weighted by Gasteiger charge is 2.31. The molecule has 1 aliphatic rings. The molecule has 3 aromatic carbocycles. The zero-order valence-corrected chi connectivity index (χ0v) is 25.7. The number of aliphatic imine (C=N–C) groups is 1. The Morgan fingerprint density at radius 3 is 2.49 bits per heavy atom. The summed E-state index contributed by atoms with van der Waals surface area (Å²) in [6.07, 6.45) is -2.35. The van der Waals surface area contributed by atoms with Crippen molar-refractivity contribution in [3.63, 3.8) is 0 Å². The van der Waals surface area contributed by atoms with Crippen LogP contribution >= 0.6 is 11.8 Å². The summed E-state index contributed by atoms with van der Waals surface area (Å²) >= 11 is 1.51. The Bertz CT molecular complexity index is 1660. The van der Waals surface area contributed by atoms with E-state index >= 15 is 0 Å². The molecule has 1 atom stereocenters. The molecule has 0 bridgehead atoms. The number of thioether (sulfide) groups is 1. The van der Waals surface area contributed by atoms with E-state index in [1.54, 1.807) is 12.1 Å². The van der Waals surface area contributed by atoms with Gasteiger partial charge in [0, 0.05) is 30.1 Å². The molecule has 45 heavy (non-hydrogen) atoms. The van der Waals surface area contributed by atoms with Gasteiger partial charge in [0.05, 0.1) is 5.69 Å². The number of nitrogens with zero attached hydrogens (tertiary/aromatic N) is 5. The van der Waals surface area contributed by atoms with Gasteiger partial charge in [-0.2, -0.15) is 4.99 Å². The molecule has 1 unspecified atom stereocenters. The Morgan fingerprint density at radius 2 is 1.80 bits per heavy atom. The van der Waals surface area contributed by atoms with Gasteiger partial charge in [0.2, 0.25) is 0 Å². The van der Waals surface area contributed by atoms with Crippen LogP contribution in [-0.4, -0.2) is 51.2 Å². The van der Waals surface area contributed by atoms with E-state index < -0.39 is 12.4 Å². The number of carbonyl (C=O) groups is 1. The van der Waals surface area contributed by atoms with Crippen molar-refractivity contribution < 1.29 is 27.1 Å². The Kier molecular flexibility index (Phi) is 9.76. The number of nitrogens with one attached hydrogen (secondary N) is 1. The number of amidine groups is 1. The Morgan fingerprint density at radius 1 is 1.07 bits per heavy atom. The SMILES string of the molecule is CC(C)c1cc(F)ccc1N1CCCS/C1=N\C(=O)NCC(C)c1ccc(-c2ncn(-c3ccc(OC(F)(F)F)cc3)n2)cc1. The summed E-state index contributed by atoms with van der Waals surface area (Å²) in [5.74, 6) is 0.790. The molecule has 8 nitrogen and oxygen atoms in total. The zero-order valence-electron chi connectivity index (χ0n) is 24.9. The lowest BCUT2D eigenvalue weighted by atomic mass is 10.00. The van der Waals surface area contributed by atoms with Crippen molar-refractivity contribution in [1.29, 1.82) is 0 Å². The Balaban J connectivity index is 1.20. The first-order valence-corrected chi connectivity index (χ1v) is 15.4. The maximum Gasteiger partial charge on any atom is 0.573 e. The highest BCUT2D eigenvalue weighted by Crippen LogP contribution is 2.33. The molecule has 1 N–H and O–H groups in total. The number of carbonyl (C=O) groups excluding carboxylic acids is 1. The highest BCUT2D eigenvalue weighted by molar-refractivity contribution is 8.14. The van der Waals surface area contributed by atoms with Crippen LogP contribution in [0.4, 0.5) is 28.0 Å². The second-order valence-electron chi connectivity index (χ2n) is 10.9. The van der Waals surface area contributed by atoms with Gasteiger partial charge in [-0.15, -0.1) is 18.3 Å². The van der Waals surface area contributed by atoms with E-state index in [1.807, 2.05) is 49.9 Å². The third-order valence-electron chi connectivity index (χ3n) is 7.21. The molecule has 1 fully saturated rings. The number of amides is 2. The van der Waals surface area contributed by atoms with Crippen LogP contribution in [0.15, 0.2) is 78.0 Å². The molecule has 2 amide bonds. The fourth-order valence-electron chi connectivity index (χ4n) is 4.88. The molecule has 236 valence electrons. The van der Waals surface area contributed by atoms with E-state index in [0.717, 1.165) is 34.6 Å². The minimum absolute atomic E-state index is 0.00842. The summed E-state index contributed by atoms with van der Waals surface area (Å²) in [6.45, 7) is 7.09. The number of anilines is 1. The first kappa shape index (κ1) is 32.0. The van der Waals surface area contributed by atoms with Crippen molar-refractivity contribution in [2.45, 2.75) is 45.4 Å². The van der Waals surface area contributed by atoms with Gasteiger partial charge < -0.3 is 15.0 Å². The number of aromatic nitrogens is 3. The normalized spacial score (nSPS) is 15.4. The number of alkyl halides is 3. The lowest BCUT2D eigenvalue weighted by Crippen LogP contribution is -2.37. The quantitative estimate of drug-likeness (QED) is 0.197. The summed E-state index contributed by atoms with van der Waals surface area (Å²) in [4.78, 5) is 23.6. The molecule has 0 aliphatic carbocycles. The smallest absolute Gasteiger partial charge is 0.406 e. The summed E-state index contributed by atoms with van der Waals surface area (Å²) in [6, 6.07) is 17.3. The number of ether oxygens (including phenoxy) is 1. The molecule has 1 aromatic heterocycles. The lowest BCUT2D eigenvalue weighted by Gasteiger charge is -2.32. The van der Waals surface area contributed by atoms with E-state index in [-0.39, 0.29) is 23.4 Å². The van der Waals surface area contributed by atoms with Crippen LogP contribution in [0.3, 0.4) is 0 Å². The molecule has 4 aromatic rings. The van der Waals surface area contributed by atoms with Crippen molar-refractivity contribution in [3.05, 3.63) is 90.0 Å². The van der Waals surface area contributed by atoms with Crippen molar-refractivity contribution in [2.24, 2.45) is 4.99 Å². The van der Waals surface area contributed by atoms with Crippen LogP contribution in [0.2, 0.25) is 0 Å². The van der Waals surface area contributed by atoms with Crippen LogP contribution in [0.5, 0.6) is 5.75 Å². The number of hydrogen-bond donors (Lipinski definition) is 1. The van der Waals surface area contributed by atoms with Crippen molar-refractivity contribution >= 4 is 28.6 Å². The molecular weight excluding hydrogens is 608 g/mol. The van der Waals surface area contributed by atoms with Gasteiger partial charge in [-0.3, -0.25) is 0 Å². The van der Waals surface area contributed by atoms with Crippen LogP contribution in [0.1, 0.15) is 50.2 Å². The average molecular weight is 641 g/mol. The van der Waals surface area contributed by atoms with Gasteiger partial charge >= 0.3 is 12.4 Å². The van der Waals surface area contributed by atoms with Crippen molar-refractivity contribution in [2.75, 3.05) is 23.7 Å². The van der Waals surface area contributed by atoms with Gasteiger partial charge in [-0.1, -0.05) is 56.8 Å². The molecule has 1 aliphatic heterocycles. The molecule has 13 heteroatoms. The van der Waals surface area contributed by atoms with Gasteiger partial charge in [0.25, 0.3) is 0 Å². The van der Waals surface area contributed by atoms with E-state index in [1.165, 1.54) is 53.1 Å². The first-order valence-electron chi connectivity index (χ1n) is 14.4. The summed E-state index contributed by atoms with van der Waals surface area (Å²) in [5, 5.41) is 7.94. The number of rotatable bonds is 8. The first-order chi connectivity index (χ1) is 21.5. The summed E-state index contributed by atoms with van der Waals surface area (Å²) in [7, 11) is 0. The molecule has 2 heterocycles. The molecule has 5 rings (SSSR count). The Hall–Kier alpha value is -4.39. The predicted molar refractivity (Wildman–Crippen MR) is 168 cm³/mol. The minimum atomic E-state index is -4.76. The monoisotopic (exact) mass is 640 g/mol. The fourth-order valence-corrected chi connectivity index (χ4v) is 5.82. The van der Waals surface area contributed by atoms with Gasteiger partial charge in [-0.25, -0.2) is 18.9 Å². The summed E-state index contributed by atoms with van der Waals surface area (Å²) < 4.78 is 56.6. The number of benzene rings is 3. The van der Waals surface area contributed by atoms with Gasteiger partial charge in [0.15, 0.2) is 11.0 Å². The zero-order chi connectivity index (χ0) is 32.1. The Labute approximate surface area is 262 Å². The maximum absolute atomic E-state index is 14.0. The maximum atomic E-state index is 14.0. The second kappa shape index (κ2) is 13.7. The lowest BCUT2D eigenvalue weighted by molar-refractivity contribution is -0.274. The van der Waals surface area contributed by atoms with E-state index in [0.29, 0.717) is 29.8 Å². The third-order valence-corrected chi connectivity index (χ3v) is 8.27. The molecule has 0 radical (unpaired) electrons. The molecular formula is C32H32F4N6O2S. The topological polar surface area (TPSA) is 84.6 Å². The number of halogens is 4. The highest BCUT2D eigenvalue weighted by atomic mass is 32.2. The van der Waals surface area contributed by atoms with Gasteiger partial charge in [-0.05, 0) is 71.8 Å². The summed E-state index contributed by atoms with van der Waals surface area (Å²) in [5.41, 5.74) is 4.02. The standard InChI is InChI=1S/C32H32F4N6O2S/c1-20(2)27-17-24(33)9-14-28(27)41-15-4-16-45-31(41)39-30(43)37-18-21(3)22-5-7-23(8-6-22)29-38-19-42(40-29)25-10-12-26(13-11-25)44-32(34,35)36/h5-14,17,19-21H,4,15-16,18H2,1-3H3,(H,37,43)/b39-31-. The molecule has 0 saturated carbocycles. The van der Waals surface area contributed by atoms with E-state index in [4.69, 9.17) is 0 Å². The fraction of sp³-hybridized carbons (Fsp3) is 0.312. The van der Waals surface area contributed by atoms with Gasteiger partial charge in [0.1, 0.15) is 17.9 Å². The molecule has 1 saturated heterocycles. The predicted octanol–water partition coefficient (Wildman–Crippen LogP) is 7.91. The largest absolute Gasteiger partial charge is 0.573 e. The number of urea groups is 1. The molecule has 0 spiro atoms. The van der Waals surface area contributed by atoms with Crippen LogP contribution in [0.25, 0.3) is 17.1 Å². The van der Waals surface area contributed by atoms with Crippen LogP contribution < -0.4 is 15.0 Å². The van der Waals surface area contributed by atoms with Crippen LogP contribution in [0, 0.1) is 5.82 Å². The van der Waals surface area contributed by atoms with Crippen LogP contribution in [-0.2, 0) is 0 Å². The minimum Gasteiger partial charge on any atom is -0.406 e. The van der Waals surface area contributed by atoms with E-state index in [2.05, 4.69) is 25.1 Å². The number of hydrogen-bond acceptors (Lipinski definition) is 5. The average Bonchev–Trinajstić information content (AvgIpc) is 3.50. The third kappa shape index (κ3) is 8.21. The van der Waals surface area contributed by atoms with Crippen molar-refractivity contribution in [3.8, 4) is 22.8 Å².